The van der Waals surface area contributed by atoms with E-state index in [1.54, 1.807) is 12.4 Å². The molecule has 0 aliphatic heterocycles. The lowest BCUT2D eigenvalue weighted by atomic mass is 10.1. The zero-order valence-electron chi connectivity index (χ0n) is 7.90. The largest absolute Gasteiger partial charge is 0.359 e. The number of pyridine rings is 1. The van der Waals surface area contributed by atoms with E-state index in [2.05, 4.69) is 16.8 Å². The lowest BCUT2D eigenvalue weighted by molar-refractivity contribution is -0.112. The van der Waals surface area contributed by atoms with Crippen molar-refractivity contribution in [1.82, 2.24) is 4.98 Å². The quantitative estimate of drug-likeness (QED) is 0.641. The van der Waals surface area contributed by atoms with Crippen LogP contribution in [0.1, 0.15) is 5.56 Å². The summed E-state index contributed by atoms with van der Waals surface area (Å²) < 4.78 is 0. The fourth-order valence-corrected chi connectivity index (χ4v) is 1.29. The lowest BCUT2D eigenvalue weighted by Crippen LogP contribution is -2.06. The Kier molecular flexibility index (Phi) is 2.34. The molecule has 2 rings (SSSR count). The Morgan fingerprint density at radius 3 is 2.93 bits per heavy atom. The van der Waals surface area contributed by atoms with Gasteiger partial charge in [0.2, 0.25) is 0 Å². The van der Waals surface area contributed by atoms with E-state index in [1.807, 2.05) is 24.3 Å². The van der Waals surface area contributed by atoms with Gasteiger partial charge in [0.25, 0.3) is 5.91 Å². The van der Waals surface area contributed by atoms with E-state index in [1.165, 1.54) is 0 Å². The van der Waals surface area contributed by atoms with Crippen LogP contribution in [0.5, 0.6) is 0 Å². The van der Waals surface area contributed by atoms with Gasteiger partial charge in [0, 0.05) is 23.3 Å². The van der Waals surface area contributed by atoms with Gasteiger partial charge >= 0.3 is 0 Å². The predicted molar refractivity (Wildman–Crippen MR) is 57.8 cm³/mol. The van der Waals surface area contributed by atoms with Crippen LogP contribution in [-0.4, -0.2) is 10.9 Å². The Hall–Kier alpha value is -2.34. The van der Waals surface area contributed by atoms with Crippen LogP contribution in [0.4, 0.5) is 0 Å². The minimum atomic E-state index is -0.621. The summed E-state index contributed by atoms with van der Waals surface area (Å²) in [5.41, 5.74) is 5.70. The zero-order valence-corrected chi connectivity index (χ0v) is 7.90. The Morgan fingerprint density at radius 1 is 1.27 bits per heavy atom. The second kappa shape index (κ2) is 3.81. The molecule has 2 N–H and O–H groups in total. The normalized spacial score (nSPS) is 9.33. The first-order valence-corrected chi connectivity index (χ1v) is 4.41. The van der Waals surface area contributed by atoms with Crippen LogP contribution in [0.3, 0.4) is 0 Å². The van der Waals surface area contributed by atoms with Gasteiger partial charge in [-0.05, 0) is 29.5 Å². The first kappa shape index (κ1) is 9.22. The van der Waals surface area contributed by atoms with Crippen LogP contribution >= 0.6 is 0 Å². The van der Waals surface area contributed by atoms with E-state index in [9.17, 15) is 4.79 Å². The Labute approximate surface area is 86.9 Å². The van der Waals surface area contributed by atoms with Crippen LogP contribution in [0.25, 0.3) is 10.8 Å². The van der Waals surface area contributed by atoms with Crippen LogP contribution < -0.4 is 5.73 Å². The van der Waals surface area contributed by atoms with Crippen molar-refractivity contribution in [2.24, 2.45) is 5.73 Å². The second-order valence-electron chi connectivity index (χ2n) is 3.05. The van der Waals surface area contributed by atoms with Gasteiger partial charge in [-0.1, -0.05) is 12.0 Å². The van der Waals surface area contributed by atoms with Gasteiger partial charge in [-0.25, -0.2) is 0 Å². The summed E-state index contributed by atoms with van der Waals surface area (Å²) in [5.74, 6) is 4.37. The summed E-state index contributed by atoms with van der Waals surface area (Å²) >= 11 is 0. The van der Waals surface area contributed by atoms with Crippen molar-refractivity contribution >= 4 is 16.7 Å². The molecule has 0 aliphatic rings. The number of rotatable bonds is 0. The van der Waals surface area contributed by atoms with Crippen molar-refractivity contribution in [3.05, 3.63) is 42.2 Å². The van der Waals surface area contributed by atoms with Crippen molar-refractivity contribution in [2.45, 2.75) is 0 Å². The number of fused-ring (bicyclic) bond motifs is 1. The number of amides is 1. The predicted octanol–water partition coefficient (Wildman–Crippen LogP) is 1.07. The maximum atomic E-state index is 10.5. The average molecular weight is 196 g/mol. The SMILES string of the molecule is NC(=O)C#Cc1ccc2cnccc2c1. The molecule has 0 saturated heterocycles. The number of aromatic nitrogens is 1. The first-order valence-electron chi connectivity index (χ1n) is 4.41. The molecule has 1 aromatic carbocycles. The smallest absolute Gasteiger partial charge is 0.293 e. The van der Waals surface area contributed by atoms with Crippen LogP contribution in [0.2, 0.25) is 0 Å². The highest BCUT2D eigenvalue weighted by Crippen LogP contribution is 2.13. The van der Waals surface area contributed by atoms with E-state index in [0.29, 0.717) is 0 Å². The molecule has 0 radical (unpaired) electrons. The molecule has 0 unspecified atom stereocenters. The molecule has 0 aliphatic carbocycles. The molecule has 1 amide bonds. The molecule has 3 nitrogen and oxygen atoms in total. The van der Waals surface area contributed by atoms with Gasteiger partial charge in [0.1, 0.15) is 0 Å². The summed E-state index contributed by atoms with van der Waals surface area (Å²) in [6, 6.07) is 7.53. The number of nitrogens with two attached hydrogens (primary N) is 1. The van der Waals surface area contributed by atoms with Gasteiger partial charge in [0.15, 0.2) is 0 Å². The van der Waals surface area contributed by atoms with Crippen LogP contribution in [-0.2, 0) is 4.79 Å². The lowest BCUT2D eigenvalue weighted by Gasteiger charge is -1.96. The van der Waals surface area contributed by atoms with Crippen LogP contribution in [0, 0.1) is 11.8 Å². The highest BCUT2D eigenvalue weighted by atomic mass is 16.1. The minimum absolute atomic E-state index is 0.621. The molecule has 0 saturated carbocycles. The Bertz CT molecular complexity index is 579. The third-order valence-corrected chi connectivity index (χ3v) is 1.97. The second-order valence-corrected chi connectivity index (χ2v) is 3.05. The maximum absolute atomic E-state index is 10.5. The van der Waals surface area contributed by atoms with Crippen LogP contribution in [0.15, 0.2) is 36.7 Å². The van der Waals surface area contributed by atoms with Crippen molar-refractivity contribution in [1.29, 1.82) is 0 Å². The molecule has 15 heavy (non-hydrogen) atoms. The molecule has 72 valence electrons. The number of carbonyl (C=O) groups excluding carboxylic acids is 1. The molecule has 1 heterocycles. The summed E-state index contributed by atoms with van der Waals surface area (Å²) in [4.78, 5) is 14.5. The standard InChI is InChI=1S/C12H8N2O/c13-12(15)4-2-9-1-3-11-8-14-6-5-10(11)7-9/h1,3,5-8H,(H2,13,15). The number of benzene rings is 1. The Balaban J connectivity index is 2.49. The fourth-order valence-electron chi connectivity index (χ4n) is 1.29. The van der Waals surface area contributed by atoms with Gasteiger partial charge < -0.3 is 5.73 Å². The molecular formula is C12H8N2O. The average Bonchev–Trinajstić information content (AvgIpc) is 2.26. The summed E-state index contributed by atoms with van der Waals surface area (Å²) in [5, 5.41) is 2.09. The zero-order chi connectivity index (χ0) is 10.7. The summed E-state index contributed by atoms with van der Waals surface area (Å²) in [6.07, 6.45) is 3.49. The summed E-state index contributed by atoms with van der Waals surface area (Å²) in [7, 11) is 0. The molecule has 0 atom stereocenters. The third-order valence-electron chi connectivity index (χ3n) is 1.97. The maximum Gasteiger partial charge on any atom is 0.293 e. The first-order chi connectivity index (χ1) is 7.25. The molecule has 0 bridgehead atoms. The van der Waals surface area contributed by atoms with Gasteiger partial charge in [0.05, 0.1) is 0 Å². The fraction of sp³-hybridized carbons (Fsp3) is 0. The molecule has 0 fully saturated rings. The number of primary amides is 1. The Morgan fingerprint density at radius 2 is 2.13 bits per heavy atom. The molecule has 1 aromatic heterocycles. The van der Waals surface area contributed by atoms with Gasteiger partial charge in [-0.15, -0.1) is 0 Å². The monoisotopic (exact) mass is 196 g/mol. The van der Waals surface area contributed by atoms with Crippen molar-refractivity contribution in [3.8, 4) is 11.8 Å². The number of carbonyl (C=O) groups is 1. The molecule has 3 heteroatoms. The number of hydrogen-bond acceptors (Lipinski definition) is 2. The topological polar surface area (TPSA) is 56.0 Å². The van der Waals surface area contributed by atoms with Crippen molar-refractivity contribution < 1.29 is 4.79 Å². The number of hydrogen-bond donors (Lipinski definition) is 1. The van der Waals surface area contributed by atoms with E-state index in [4.69, 9.17) is 5.73 Å². The van der Waals surface area contributed by atoms with E-state index < -0.39 is 5.91 Å². The van der Waals surface area contributed by atoms with E-state index >= 15 is 0 Å². The van der Waals surface area contributed by atoms with E-state index in [-0.39, 0.29) is 0 Å². The highest BCUT2D eigenvalue weighted by molar-refractivity contribution is 5.93. The summed E-state index contributed by atoms with van der Waals surface area (Å²) in [6.45, 7) is 0. The molecule has 0 spiro atoms. The number of nitrogens with zero attached hydrogens (tertiary/aromatic N) is 1. The minimum Gasteiger partial charge on any atom is -0.359 e. The van der Waals surface area contributed by atoms with Gasteiger partial charge in [-0.3, -0.25) is 9.78 Å². The molecular weight excluding hydrogens is 188 g/mol. The van der Waals surface area contributed by atoms with Crippen molar-refractivity contribution in [2.75, 3.05) is 0 Å². The van der Waals surface area contributed by atoms with E-state index in [0.717, 1.165) is 16.3 Å². The molecule has 2 aromatic rings. The third kappa shape index (κ3) is 2.12. The highest BCUT2D eigenvalue weighted by Gasteiger charge is 1.93. The van der Waals surface area contributed by atoms with Crippen molar-refractivity contribution in [3.63, 3.8) is 0 Å². The van der Waals surface area contributed by atoms with Gasteiger partial charge in [-0.2, -0.15) is 0 Å².